The van der Waals surface area contributed by atoms with Crippen LogP contribution in [0.25, 0.3) is 22.4 Å². The summed E-state index contributed by atoms with van der Waals surface area (Å²) in [7, 11) is 0. The average Bonchev–Trinajstić information content (AvgIpc) is 3.41. The predicted molar refractivity (Wildman–Crippen MR) is 158 cm³/mol. The molecular weight excluding hydrogens is 568 g/mol. The minimum Gasteiger partial charge on any atom is -0.445 e. The quantitative estimate of drug-likeness (QED) is 0.194. The van der Waals surface area contributed by atoms with Gasteiger partial charge in [-0.3, -0.25) is 4.98 Å². The Hall–Kier alpha value is -4.23. The van der Waals surface area contributed by atoms with Gasteiger partial charge in [0.25, 0.3) is 0 Å². The number of fused-ring (bicyclic) bond motifs is 1. The number of oxazole rings is 1. The van der Waals surface area contributed by atoms with Gasteiger partial charge >= 0.3 is 0 Å². The molecule has 2 aromatic carbocycles. The lowest BCUT2D eigenvalue weighted by Crippen LogP contribution is -2.20. The van der Waals surface area contributed by atoms with Crippen molar-refractivity contribution in [3.05, 3.63) is 82.5 Å². The number of pyridine rings is 1. The van der Waals surface area contributed by atoms with Crippen LogP contribution in [0.15, 0.2) is 70.1 Å². The van der Waals surface area contributed by atoms with Gasteiger partial charge in [-0.05, 0) is 64.0 Å². The first-order chi connectivity index (χ1) is 19.3. The highest BCUT2D eigenvalue weighted by atomic mass is 79.9. The van der Waals surface area contributed by atoms with Gasteiger partial charge in [-0.1, -0.05) is 38.1 Å². The first kappa shape index (κ1) is 26.0. The Morgan fingerprint density at radius 1 is 1.20 bits per heavy atom. The van der Waals surface area contributed by atoms with Gasteiger partial charge in [-0.15, -0.1) is 5.10 Å². The Bertz CT molecular complexity index is 1710. The zero-order valence-electron chi connectivity index (χ0n) is 22.5. The first-order valence-electron chi connectivity index (χ1n) is 13.2. The van der Waals surface area contributed by atoms with Gasteiger partial charge in [0, 0.05) is 33.9 Å². The Labute approximate surface area is 240 Å². The van der Waals surface area contributed by atoms with Gasteiger partial charge in [0.1, 0.15) is 18.0 Å². The lowest BCUT2D eigenvalue weighted by atomic mass is 9.96. The summed E-state index contributed by atoms with van der Waals surface area (Å²) in [6.07, 6.45) is 9.10. The van der Waals surface area contributed by atoms with Gasteiger partial charge in [-0.2, -0.15) is 5.26 Å². The smallest absolute Gasteiger partial charge is 0.225 e. The maximum atomic E-state index is 9.86. The second kappa shape index (κ2) is 10.4. The molecule has 0 aliphatic heterocycles. The van der Waals surface area contributed by atoms with Gasteiger partial charge in [0.15, 0.2) is 0 Å². The lowest BCUT2D eigenvalue weighted by Gasteiger charge is -2.22. The number of aromatic nitrogens is 5. The van der Waals surface area contributed by atoms with E-state index >= 15 is 0 Å². The molecule has 40 heavy (non-hydrogen) atoms. The second-order valence-corrected chi connectivity index (χ2v) is 12.2. The molecule has 0 bridgehead atoms. The molecule has 1 fully saturated rings. The van der Waals surface area contributed by atoms with Gasteiger partial charge < -0.3 is 15.1 Å². The molecule has 9 nitrogen and oxygen atoms in total. The lowest BCUT2D eigenvalue weighted by molar-refractivity contribution is 0.443. The summed E-state index contributed by atoms with van der Waals surface area (Å²) in [5, 5.41) is 26.9. The van der Waals surface area contributed by atoms with E-state index in [1.807, 2.05) is 35.1 Å². The Kier molecular flexibility index (Phi) is 6.76. The van der Waals surface area contributed by atoms with Gasteiger partial charge in [0.05, 0.1) is 41.2 Å². The number of rotatable bonds is 8. The van der Waals surface area contributed by atoms with Gasteiger partial charge in [0.2, 0.25) is 5.89 Å². The van der Waals surface area contributed by atoms with Crippen molar-refractivity contribution < 1.29 is 4.42 Å². The van der Waals surface area contributed by atoms with Crippen molar-refractivity contribution in [3.63, 3.8) is 0 Å². The van der Waals surface area contributed by atoms with Gasteiger partial charge in [-0.25, -0.2) is 9.67 Å². The minimum absolute atomic E-state index is 0.0295. The van der Waals surface area contributed by atoms with E-state index in [1.54, 1.807) is 18.7 Å². The standard InChI is InChI=1S/C30H29BrN8O/c1-30(2,3)17-35-26-20(14-32)15-34-28-23(26)12-21(13-24(28)31)36-27(25-16-39(38-37-25)22-7-8-22)18-5-4-6-19(11-18)29-33-9-10-40-29/h4-6,9-13,15-16,22,27,36H,7-8,17H2,1-3H3,(H,34,35)/t27-/m0/s1. The highest BCUT2D eigenvalue weighted by Gasteiger charge is 2.27. The summed E-state index contributed by atoms with van der Waals surface area (Å²) in [6.45, 7) is 7.18. The first-order valence-corrected chi connectivity index (χ1v) is 14.0. The van der Waals surface area contributed by atoms with Crippen LogP contribution in [0.3, 0.4) is 0 Å². The number of halogens is 1. The molecule has 0 radical (unpaired) electrons. The van der Waals surface area contributed by atoms with Crippen LogP contribution in [-0.4, -0.2) is 31.5 Å². The van der Waals surface area contributed by atoms with Crippen molar-refractivity contribution in [2.75, 3.05) is 17.2 Å². The van der Waals surface area contributed by atoms with E-state index < -0.39 is 0 Å². The molecule has 0 amide bonds. The van der Waals surface area contributed by atoms with E-state index in [-0.39, 0.29) is 11.5 Å². The number of nitriles is 1. The Morgan fingerprint density at radius 2 is 2.05 bits per heavy atom. The van der Waals surface area contributed by atoms with E-state index in [9.17, 15) is 5.26 Å². The number of nitrogens with one attached hydrogen (secondary N) is 2. The fourth-order valence-corrected chi connectivity index (χ4v) is 5.19. The van der Waals surface area contributed by atoms with Crippen molar-refractivity contribution in [2.45, 2.75) is 45.7 Å². The maximum absolute atomic E-state index is 9.86. The van der Waals surface area contributed by atoms with Crippen LogP contribution in [0.4, 0.5) is 11.4 Å². The third kappa shape index (κ3) is 5.42. The molecule has 2 N–H and O–H groups in total. The highest BCUT2D eigenvalue weighted by molar-refractivity contribution is 9.10. The van der Waals surface area contributed by atoms with Crippen LogP contribution in [-0.2, 0) is 0 Å². The van der Waals surface area contributed by atoms with Crippen molar-refractivity contribution in [2.24, 2.45) is 5.41 Å². The van der Waals surface area contributed by atoms with E-state index in [1.165, 1.54) is 0 Å². The maximum Gasteiger partial charge on any atom is 0.225 e. The predicted octanol–water partition coefficient (Wildman–Crippen LogP) is 7.11. The monoisotopic (exact) mass is 596 g/mol. The van der Waals surface area contributed by atoms with E-state index in [0.29, 0.717) is 24.0 Å². The normalized spacial score (nSPS) is 14.2. The number of benzene rings is 2. The summed E-state index contributed by atoms with van der Waals surface area (Å²) in [4.78, 5) is 8.90. The number of hydrogen-bond acceptors (Lipinski definition) is 8. The van der Waals surface area contributed by atoms with Crippen LogP contribution in [0.2, 0.25) is 0 Å². The molecule has 6 rings (SSSR count). The Morgan fingerprint density at radius 3 is 2.77 bits per heavy atom. The van der Waals surface area contributed by atoms with Crippen molar-refractivity contribution >= 4 is 38.2 Å². The molecule has 1 atom stereocenters. The van der Waals surface area contributed by atoms with Crippen molar-refractivity contribution in [3.8, 4) is 17.5 Å². The molecule has 5 aromatic rings. The molecule has 0 saturated heterocycles. The third-order valence-electron chi connectivity index (χ3n) is 6.80. The molecule has 1 saturated carbocycles. The summed E-state index contributed by atoms with van der Waals surface area (Å²) < 4.78 is 8.34. The van der Waals surface area contributed by atoms with E-state index in [4.69, 9.17) is 4.42 Å². The van der Waals surface area contributed by atoms with E-state index in [2.05, 4.69) is 85.8 Å². The van der Waals surface area contributed by atoms with Crippen LogP contribution in [0.1, 0.15) is 62.5 Å². The fourth-order valence-electron chi connectivity index (χ4n) is 4.62. The zero-order chi connectivity index (χ0) is 27.9. The zero-order valence-corrected chi connectivity index (χ0v) is 24.1. The Balaban J connectivity index is 1.43. The fraction of sp³-hybridized carbons (Fsp3) is 0.300. The van der Waals surface area contributed by atoms with Crippen LogP contribution < -0.4 is 10.6 Å². The topological polar surface area (TPSA) is 117 Å². The molecule has 3 heterocycles. The van der Waals surface area contributed by atoms with Crippen LogP contribution in [0, 0.1) is 16.7 Å². The van der Waals surface area contributed by atoms with E-state index in [0.717, 1.165) is 56.4 Å². The molecule has 3 aromatic heterocycles. The molecular formula is C30H29BrN8O. The number of nitrogens with zero attached hydrogens (tertiary/aromatic N) is 6. The second-order valence-electron chi connectivity index (χ2n) is 11.3. The summed E-state index contributed by atoms with van der Waals surface area (Å²) >= 11 is 3.72. The molecule has 202 valence electrons. The number of hydrogen-bond donors (Lipinski definition) is 2. The summed E-state index contributed by atoms with van der Waals surface area (Å²) in [5.41, 5.74) is 5.61. The van der Waals surface area contributed by atoms with Crippen LogP contribution in [0.5, 0.6) is 0 Å². The minimum atomic E-state index is -0.301. The largest absolute Gasteiger partial charge is 0.445 e. The molecule has 1 aliphatic carbocycles. The van der Waals surface area contributed by atoms with Crippen molar-refractivity contribution in [1.82, 2.24) is 25.0 Å². The number of anilines is 2. The molecule has 0 spiro atoms. The molecule has 10 heteroatoms. The third-order valence-corrected chi connectivity index (χ3v) is 7.40. The molecule has 0 unspecified atom stereocenters. The molecule has 1 aliphatic rings. The summed E-state index contributed by atoms with van der Waals surface area (Å²) in [6, 6.07) is 14.5. The van der Waals surface area contributed by atoms with Crippen molar-refractivity contribution in [1.29, 1.82) is 5.26 Å². The summed E-state index contributed by atoms with van der Waals surface area (Å²) in [5.74, 6) is 0.556. The van der Waals surface area contributed by atoms with Crippen LogP contribution >= 0.6 is 15.9 Å². The SMILES string of the molecule is CC(C)(C)CNc1c(C#N)cnc2c(Br)cc(N[C@@H](c3cccc(-c4ncco4)c3)c3cn(C4CC4)nn3)cc12. The average molecular weight is 598 g/mol. The highest BCUT2D eigenvalue weighted by Crippen LogP contribution is 2.38.